The van der Waals surface area contributed by atoms with Gasteiger partial charge in [-0.1, -0.05) is 103 Å². The van der Waals surface area contributed by atoms with Crippen LogP contribution in [-0.2, 0) is 0 Å². The Bertz CT molecular complexity index is 255. The van der Waals surface area contributed by atoms with Crippen molar-refractivity contribution in [3.8, 4) is 0 Å². The molecule has 0 amide bonds. The average molecular weight is 324 g/mol. The number of hydrogen-bond donors (Lipinski definition) is 1. The van der Waals surface area contributed by atoms with Crippen LogP contribution in [0.25, 0.3) is 0 Å². The van der Waals surface area contributed by atoms with Gasteiger partial charge in [0, 0.05) is 12.2 Å². The fraction of sp³-hybridized carbons (Fsp3) is 0.909. The van der Waals surface area contributed by atoms with Gasteiger partial charge in [0.2, 0.25) is 0 Å². The Morgan fingerprint density at radius 1 is 0.696 bits per heavy atom. The summed E-state index contributed by atoms with van der Waals surface area (Å²) in [5.41, 5.74) is 1.31. The third-order valence-corrected chi connectivity index (χ3v) is 4.80. The summed E-state index contributed by atoms with van der Waals surface area (Å²) < 4.78 is 0. The van der Waals surface area contributed by atoms with E-state index < -0.39 is 0 Å². The standard InChI is InChI=1S/C22H45N/c1-5-22(4)23-20-18-16-14-12-10-8-6-7-9-11-13-15-17-19-21(2)3/h5,21,23H,6-20H2,1-4H3/b22-5+. The molecule has 0 aliphatic rings. The van der Waals surface area contributed by atoms with E-state index in [9.17, 15) is 0 Å². The molecule has 0 spiro atoms. The summed E-state index contributed by atoms with van der Waals surface area (Å²) >= 11 is 0. The summed E-state index contributed by atoms with van der Waals surface area (Å²) in [5, 5.41) is 3.44. The fourth-order valence-corrected chi connectivity index (χ4v) is 3.01. The molecule has 0 bridgehead atoms. The summed E-state index contributed by atoms with van der Waals surface area (Å²) in [7, 11) is 0. The summed E-state index contributed by atoms with van der Waals surface area (Å²) in [5.74, 6) is 0.892. The van der Waals surface area contributed by atoms with Crippen LogP contribution in [0.4, 0.5) is 0 Å². The molecule has 0 saturated carbocycles. The molecule has 23 heavy (non-hydrogen) atoms. The monoisotopic (exact) mass is 323 g/mol. The van der Waals surface area contributed by atoms with Crippen LogP contribution >= 0.6 is 0 Å². The lowest BCUT2D eigenvalue weighted by Crippen LogP contribution is -2.12. The maximum atomic E-state index is 3.44. The lowest BCUT2D eigenvalue weighted by atomic mass is 10.0. The number of rotatable bonds is 17. The molecule has 0 radical (unpaired) electrons. The van der Waals surface area contributed by atoms with E-state index >= 15 is 0 Å². The van der Waals surface area contributed by atoms with Crippen LogP contribution in [-0.4, -0.2) is 6.54 Å². The van der Waals surface area contributed by atoms with Gasteiger partial charge in [-0.3, -0.25) is 0 Å². The molecule has 0 heterocycles. The van der Waals surface area contributed by atoms with E-state index in [1.54, 1.807) is 0 Å². The summed E-state index contributed by atoms with van der Waals surface area (Å²) in [6, 6.07) is 0. The highest BCUT2D eigenvalue weighted by atomic mass is 14.9. The van der Waals surface area contributed by atoms with Gasteiger partial charge < -0.3 is 5.32 Å². The smallest absolute Gasteiger partial charge is 0.0143 e. The Kier molecular flexibility index (Phi) is 17.5. The largest absolute Gasteiger partial charge is 0.389 e. The van der Waals surface area contributed by atoms with Gasteiger partial charge in [0.15, 0.2) is 0 Å². The maximum Gasteiger partial charge on any atom is 0.0143 e. The first-order chi connectivity index (χ1) is 11.2. The van der Waals surface area contributed by atoms with E-state index in [-0.39, 0.29) is 0 Å². The van der Waals surface area contributed by atoms with Crippen LogP contribution < -0.4 is 5.32 Å². The van der Waals surface area contributed by atoms with Gasteiger partial charge in [-0.25, -0.2) is 0 Å². The molecular weight excluding hydrogens is 278 g/mol. The molecule has 0 aromatic rings. The minimum atomic E-state index is 0.892. The number of allylic oxidation sites excluding steroid dienone is 2. The number of hydrogen-bond acceptors (Lipinski definition) is 1. The topological polar surface area (TPSA) is 12.0 Å². The molecule has 0 fully saturated rings. The second-order valence-electron chi connectivity index (χ2n) is 7.68. The summed E-state index contributed by atoms with van der Waals surface area (Å²) in [6.07, 6.45) is 22.3. The van der Waals surface area contributed by atoms with Gasteiger partial charge in [0.1, 0.15) is 0 Å². The molecule has 0 aliphatic carbocycles. The van der Waals surface area contributed by atoms with Crippen LogP contribution in [0.1, 0.15) is 118 Å². The van der Waals surface area contributed by atoms with Crippen molar-refractivity contribution >= 4 is 0 Å². The third kappa shape index (κ3) is 19.5. The number of unbranched alkanes of at least 4 members (excludes halogenated alkanes) is 12. The quantitative estimate of drug-likeness (QED) is 0.271. The highest BCUT2D eigenvalue weighted by molar-refractivity contribution is 4.91. The lowest BCUT2D eigenvalue weighted by Gasteiger charge is -2.06. The van der Waals surface area contributed by atoms with Crippen molar-refractivity contribution in [1.82, 2.24) is 5.32 Å². The SMILES string of the molecule is C/C=C(\C)NCCCCCCCCCCCCCCCC(C)C. The van der Waals surface area contributed by atoms with Crippen LogP contribution in [0.5, 0.6) is 0 Å². The zero-order valence-electron chi connectivity index (χ0n) is 16.8. The van der Waals surface area contributed by atoms with Crippen molar-refractivity contribution in [2.75, 3.05) is 6.54 Å². The Hall–Kier alpha value is -0.460. The third-order valence-electron chi connectivity index (χ3n) is 4.80. The number of nitrogens with one attached hydrogen (secondary N) is 1. The highest BCUT2D eigenvalue weighted by Crippen LogP contribution is 2.14. The normalized spacial score (nSPS) is 12.1. The highest BCUT2D eigenvalue weighted by Gasteiger charge is 1.96. The van der Waals surface area contributed by atoms with Gasteiger partial charge in [-0.2, -0.15) is 0 Å². The molecule has 0 atom stereocenters. The Labute approximate surface area is 147 Å². The molecular formula is C22H45N. The van der Waals surface area contributed by atoms with Gasteiger partial charge in [-0.05, 0) is 26.2 Å². The van der Waals surface area contributed by atoms with Gasteiger partial charge >= 0.3 is 0 Å². The van der Waals surface area contributed by atoms with Crippen LogP contribution in [0.15, 0.2) is 11.8 Å². The molecule has 0 rings (SSSR count). The van der Waals surface area contributed by atoms with Crippen molar-refractivity contribution in [3.05, 3.63) is 11.8 Å². The first-order valence-corrected chi connectivity index (χ1v) is 10.5. The zero-order valence-corrected chi connectivity index (χ0v) is 16.8. The molecule has 1 heteroatoms. The van der Waals surface area contributed by atoms with E-state index in [1.807, 2.05) is 0 Å². The van der Waals surface area contributed by atoms with Crippen LogP contribution in [0.2, 0.25) is 0 Å². The first-order valence-electron chi connectivity index (χ1n) is 10.5. The summed E-state index contributed by atoms with van der Waals surface area (Å²) in [6.45, 7) is 10.1. The molecule has 1 nitrogen and oxygen atoms in total. The van der Waals surface area contributed by atoms with Crippen molar-refractivity contribution in [2.45, 2.75) is 118 Å². The van der Waals surface area contributed by atoms with E-state index in [4.69, 9.17) is 0 Å². The van der Waals surface area contributed by atoms with Crippen molar-refractivity contribution < 1.29 is 0 Å². The van der Waals surface area contributed by atoms with Crippen molar-refractivity contribution in [1.29, 1.82) is 0 Å². The minimum Gasteiger partial charge on any atom is -0.389 e. The van der Waals surface area contributed by atoms with E-state index in [0.29, 0.717) is 0 Å². The fourth-order valence-electron chi connectivity index (χ4n) is 3.01. The van der Waals surface area contributed by atoms with E-state index in [0.717, 1.165) is 12.5 Å². The van der Waals surface area contributed by atoms with Gasteiger partial charge in [0.25, 0.3) is 0 Å². The van der Waals surface area contributed by atoms with Crippen LogP contribution in [0.3, 0.4) is 0 Å². The predicted molar refractivity (Wildman–Crippen MR) is 107 cm³/mol. The molecule has 1 N–H and O–H groups in total. The Morgan fingerprint density at radius 3 is 1.48 bits per heavy atom. The molecule has 0 saturated heterocycles. The Morgan fingerprint density at radius 2 is 1.09 bits per heavy atom. The molecule has 0 aromatic carbocycles. The van der Waals surface area contributed by atoms with E-state index in [2.05, 4.69) is 39.1 Å². The van der Waals surface area contributed by atoms with E-state index in [1.165, 1.54) is 95.6 Å². The molecule has 0 unspecified atom stereocenters. The lowest BCUT2D eigenvalue weighted by molar-refractivity contribution is 0.502. The predicted octanol–water partition coefficient (Wildman–Crippen LogP) is 7.62. The molecule has 138 valence electrons. The molecule has 0 aliphatic heterocycles. The average Bonchev–Trinajstić information content (AvgIpc) is 2.53. The van der Waals surface area contributed by atoms with Crippen LogP contribution in [0, 0.1) is 5.92 Å². The van der Waals surface area contributed by atoms with Crippen molar-refractivity contribution in [3.63, 3.8) is 0 Å². The minimum absolute atomic E-state index is 0.892. The maximum absolute atomic E-state index is 3.44. The zero-order chi connectivity index (χ0) is 17.2. The summed E-state index contributed by atoms with van der Waals surface area (Å²) in [4.78, 5) is 0. The first kappa shape index (κ1) is 22.5. The second kappa shape index (κ2) is 17.9. The van der Waals surface area contributed by atoms with Crippen molar-refractivity contribution in [2.24, 2.45) is 5.92 Å². The van der Waals surface area contributed by atoms with Gasteiger partial charge in [0.05, 0.1) is 0 Å². The molecule has 0 aromatic heterocycles. The Balaban J connectivity index is 3.03. The van der Waals surface area contributed by atoms with Gasteiger partial charge in [-0.15, -0.1) is 0 Å². The second-order valence-corrected chi connectivity index (χ2v) is 7.68.